The summed E-state index contributed by atoms with van der Waals surface area (Å²) < 4.78 is 21.4. The van der Waals surface area contributed by atoms with Gasteiger partial charge < -0.3 is 18.9 Å². The number of esters is 3. The Bertz CT molecular complexity index is 570. The van der Waals surface area contributed by atoms with Gasteiger partial charge in [-0.25, -0.2) is 4.79 Å². The highest BCUT2D eigenvalue weighted by Gasteiger charge is 2.65. The average Bonchev–Trinajstić information content (AvgIpc) is 3.24. The molecular formula is C18H26O7. The Kier molecular flexibility index (Phi) is 4.79. The van der Waals surface area contributed by atoms with E-state index in [2.05, 4.69) is 0 Å². The Balaban J connectivity index is 1.59. The van der Waals surface area contributed by atoms with E-state index in [1.54, 1.807) is 21.0 Å². The van der Waals surface area contributed by atoms with Crippen LogP contribution in [-0.4, -0.2) is 50.4 Å². The number of carbonyl (C=O) groups excluding carboxylic acids is 3. The van der Waals surface area contributed by atoms with Gasteiger partial charge in [0.2, 0.25) is 0 Å². The lowest BCUT2D eigenvalue weighted by atomic mass is 9.78. The summed E-state index contributed by atoms with van der Waals surface area (Å²) in [5.74, 6) is -1.22. The van der Waals surface area contributed by atoms with Gasteiger partial charge in [0.15, 0.2) is 6.61 Å². The molecule has 0 N–H and O–H groups in total. The summed E-state index contributed by atoms with van der Waals surface area (Å²) in [6, 6.07) is 0. The fourth-order valence-corrected chi connectivity index (χ4v) is 4.39. The second-order valence-corrected chi connectivity index (χ2v) is 7.85. The third-order valence-electron chi connectivity index (χ3n) is 6.17. The van der Waals surface area contributed by atoms with Crippen molar-refractivity contribution < 1.29 is 33.3 Å². The standard InChI is InChI=1S/C18H26O7/c1-5-18(2,3)17(21)24-8-12(19)25-15-10-6-9(14(15)22-4)11-7-23-16(20)13(10)11/h9-11,13-15H,5-8H2,1-4H3. The van der Waals surface area contributed by atoms with E-state index in [0.717, 1.165) is 6.42 Å². The van der Waals surface area contributed by atoms with Crippen molar-refractivity contribution in [2.45, 2.75) is 45.8 Å². The highest BCUT2D eigenvalue weighted by molar-refractivity contribution is 5.80. The number of hydrogen-bond acceptors (Lipinski definition) is 7. The molecule has 3 rings (SSSR count). The normalized spacial score (nSPS) is 36.1. The molecule has 0 amide bonds. The number of carbonyl (C=O) groups is 3. The summed E-state index contributed by atoms with van der Waals surface area (Å²) in [6.45, 7) is 5.42. The zero-order valence-corrected chi connectivity index (χ0v) is 15.2. The van der Waals surface area contributed by atoms with Crippen LogP contribution in [0.3, 0.4) is 0 Å². The Morgan fingerprint density at radius 3 is 2.56 bits per heavy atom. The topological polar surface area (TPSA) is 88.1 Å². The van der Waals surface area contributed by atoms with Crippen molar-refractivity contribution in [2.24, 2.45) is 29.1 Å². The Morgan fingerprint density at radius 1 is 1.20 bits per heavy atom. The summed E-state index contributed by atoms with van der Waals surface area (Å²) in [5, 5.41) is 0. The van der Waals surface area contributed by atoms with Crippen LogP contribution in [0.25, 0.3) is 0 Å². The predicted molar refractivity (Wildman–Crippen MR) is 85.2 cm³/mol. The second kappa shape index (κ2) is 6.59. The largest absolute Gasteiger partial charge is 0.465 e. The van der Waals surface area contributed by atoms with Gasteiger partial charge in [0.25, 0.3) is 0 Å². The fraction of sp³-hybridized carbons (Fsp3) is 0.833. The molecule has 25 heavy (non-hydrogen) atoms. The Labute approximate surface area is 147 Å². The molecule has 2 saturated carbocycles. The highest BCUT2D eigenvalue weighted by Crippen LogP contribution is 2.56. The Morgan fingerprint density at radius 2 is 1.92 bits per heavy atom. The van der Waals surface area contributed by atoms with E-state index in [9.17, 15) is 14.4 Å². The molecule has 0 radical (unpaired) electrons. The maximum atomic E-state index is 12.2. The molecule has 3 aliphatic rings. The molecule has 0 aromatic rings. The zero-order valence-electron chi connectivity index (χ0n) is 15.2. The van der Waals surface area contributed by atoms with Crippen molar-refractivity contribution in [1.82, 2.24) is 0 Å². The third-order valence-corrected chi connectivity index (χ3v) is 6.17. The van der Waals surface area contributed by atoms with Crippen LogP contribution in [-0.2, 0) is 33.3 Å². The smallest absolute Gasteiger partial charge is 0.344 e. The number of cyclic esters (lactones) is 1. The van der Waals surface area contributed by atoms with E-state index < -0.39 is 30.1 Å². The van der Waals surface area contributed by atoms with E-state index in [1.807, 2.05) is 6.92 Å². The number of hydrogen-bond donors (Lipinski definition) is 0. The van der Waals surface area contributed by atoms with E-state index >= 15 is 0 Å². The first-order valence-electron chi connectivity index (χ1n) is 8.86. The molecule has 6 atom stereocenters. The molecule has 0 aromatic carbocycles. The van der Waals surface area contributed by atoms with Gasteiger partial charge in [-0.1, -0.05) is 6.92 Å². The van der Waals surface area contributed by atoms with E-state index in [0.29, 0.717) is 13.0 Å². The van der Waals surface area contributed by atoms with Gasteiger partial charge in [0.1, 0.15) is 6.10 Å². The second-order valence-electron chi connectivity index (χ2n) is 7.85. The zero-order chi connectivity index (χ0) is 18.4. The minimum Gasteiger partial charge on any atom is -0.465 e. The van der Waals surface area contributed by atoms with Gasteiger partial charge in [-0.05, 0) is 32.6 Å². The van der Waals surface area contributed by atoms with Crippen molar-refractivity contribution in [1.29, 1.82) is 0 Å². The van der Waals surface area contributed by atoms with Crippen LogP contribution >= 0.6 is 0 Å². The summed E-state index contributed by atoms with van der Waals surface area (Å²) >= 11 is 0. The van der Waals surface area contributed by atoms with Gasteiger partial charge in [0, 0.05) is 18.9 Å². The maximum absolute atomic E-state index is 12.2. The SMILES string of the molecule is CCC(C)(C)C(=O)OCC(=O)OC1C2CC(C3COC(=O)C32)C1OC. The first kappa shape index (κ1) is 18.2. The number of fused-ring (bicyclic) bond motifs is 5. The molecule has 1 saturated heterocycles. The van der Waals surface area contributed by atoms with Crippen molar-refractivity contribution in [3.05, 3.63) is 0 Å². The lowest BCUT2D eigenvalue weighted by Gasteiger charge is -2.34. The van der Waals surface area contributed by atoms with Crippen molar-refractivity contribution in [3.63, 3.8) is 0 Å². The quantitative estimate of drug-likeness (QED) is 0.525. The lowest BCUT2D eigenvalue weighted by Crippen LogP contribution is -2.46. The maximum Gasteiger partial charge on any atom is 0.344 e. The van der Waals surface area contributed by atoms with E-state index in [1.165, 1.54) is 0 Å². The van der Waals surface area contributed by atoms with Crippen LogP contribution in [0.15, 0.2) is 0 Å². The molecule has 0 aromatic heterocycles. The molecule has 2 bridgehead atoms. The molecule has 6 unspecified atom stereocenters. The van der Waals surface area contributed by atoms with Crippen molar-refractivity contribution in [3.8, 4) is 0 Å². The summed E-state index contributed by atoms with van der Waals surface area (Å²) in [7, 11) is 1.59. The minimum absolute atomic E-state index is 0.0818. The van der Waals surface area contributed by atoms with Gasteiger partial charge >= 0.3 is 17.9 Å². The third kappa shape index (κ3) is 3.03. The van der Waals surface area contributed by atoms with Crippen LogP contribution in [0.5, 0.6) is 0 Å². The first-order valence-corrected chi connectivity index (χ1v) is 8.86. The molecule has 0 spiro atoms. The molecule has 2 aliphatic carbocycles. The van der Waals surface area contributed by atoms with Crippen LogP contribution in [0.2, 0.25) is 0 Å². The predicted octanol–water partition coefficient (Wildman–Crippen LogP) is 1.33. The highest BCUT2D eigenvalue weighted by atomic mass is 16.6. The average molecular weight is 354 g/mol. The molecule has 1 heterocycles. The number of ether oxygens (including phenoxy) is 4. The molecule has 7 heteroatoms. The van der Waals surface area contributed by atoms with Gasteiger partial charge in [-0.3, -0.25) is 9.59 Å². The minimum atomic E-state index is -0.636. The Hall–Kier alpha value is -1.63. The van der Waals surface area contributed by atoms with Crippen molar-refractivity contribution in [2.75, 3.05) is 20.3 Å². The molecular weight excluding hydrogens is 328 g/mol. The molecule has 3 fully saturated rings. The van der Waals surface area contributed by atoms with E-state index in [4.69, 9.17) is 18.9 Å². The number of methoxy groups -OCH3 is 1. The molecule has 1 aliphatic heterocycles. The summed E-state index contributed by atoms with van der Waals surface area (Å²) in [5.41, 5.74) is -0.636. The van der Waals surface area contributed by atoms with Crippen molar-refractivity contribution >= 4 is 17.9 Å². The van der Waals surface area contributed by atoms with Crippen LogP contribution < -0.4 is 0 Å². The van der Waals surface area contributed by atoms with Crippen LogP contribution in [0.1, 0.15) is 33.6 Å². The van der Waals surface area contributed by atoms with E-state index in [-0.39, 0.29) is 35.7 Å². The summed E-state index contributed by atoms with van der Waals surface area (Å²) in [6.07, 6.45) is 0.674. The fourth-order valence-electron chi connectivity index (χ4n) is 4.39. The van der Waals surface area contributed by atoms with Gasteiger partial charge in [0.05, 0.1) is 24.0 Å². The molecule has 7 nitrogen and oxygen atoms in total. The van der Waals surface area contributed by atoms with Gasteiger partial charge in [-0.15, -0.1) is 0 Å². The van der Waals surface area contributed by atoms with Crippen LogP contribution in [0.4, 0.5) is 0 Å². The number of rotatable bonds is 6. The summed E-state index contributed by atoms with van der Waals surface area (Å²) in [4.78, 5) is 36.1. The first-order chi connectivity index (χ1) is 11.8. The van der Waals surface area contributed by atoms with Crippen LogP contribution in [0, 0.1) is 29.1 Å². The molecule has 140 valence electrons. The lowest BCUT2D eigenvalue weighted by molar-refractivity contribution is -0.176. The van der Waals surface area contributed by atoms with Gasteiger partial charge in [-0.2, -0.15) is 0 Å². The monoisotopic (exact) mass is 354 g/mol.